The van der Waals surface area contributed by atoms with E-state index in [-0.39, 0.29) is 14.9 Å². The molecule has 0 aliphatic heterocycles. The van der Waals surface area contributed by atoms with Crippen LogP contribution in [0, 0.1) is 0 Å². The van der Waals surface area contributed by atoms with Gasteiger partial charge in [0.2, 0.25) is 0 Å². The average Bonchev–Trinajstić information content (AvgIpc) is 2.04. The monoisotopic (exact) mass is 462 g/mol. The van der Waals surface area contributed by atoms with Crippen molar-refractivity contribution in [3.05, 3.63) is 0 Å². The van der Waals surface area contributed by atoms with Gasteiger partial charge in [-0.25, -0.2) is 0 Å². The summed E-state index contributed by atoms with van der Waals surface area (Å²) in [6.45, 7) is 28.5. The highest BCUT2D eigenvalue weighted by Gasteiger charge is 2.26. The lowest BCUT2D eigenvalue weighted by atomic mass is 11.8. The summed E-state index contributed by atoms with van der Waals surface area (Å²) in [7, 11) is -7.55. The topological polar surface area (TPSA) is 36.9 Å². The molecule has 0 radical (unpaired) electrons. The molecule has 0 saturated heterocycles. The lowest BCUT2D eigenvalue weighted by Crippen LogP contribution is -2.42. The SMILES string of the molecule is C.C.C[SiH](C)O[Si](C)(C)O[SiH](C)C.C[SiH](O[Si](C)(C)C)O[Si](C)(C)C. The van der Waals surface area contributed by atoms with Crippen molar-refractivity contribution in [3.8, 4) is 0 Å². The van der Waals surface area contributed by atoms with Gasteiger partial charge in [0.05, 0.1) is 0 Å². The molecule has 0 atom stereocenters. The molecule has 0 aromatic carbocycles. The van der Waals surface area contributed by atoms with Crippen LogP contribution in [0.4, 0.5) is 0 Å². The molecule has 0 aliphatic rings. The number of hydrogen-bond acceptors (Lipinski definition) is 4. The van der Waals surface area contributed by atoms with Crippen LogP contribution in [-0.4, -0.2) is 52.6 Å². The molecule has 10 heteroatoms. The highest BCUT2D eigenvalue weighted by Crippen LogP contribution is 2.11. The first-order chi connectivity index (χ1) is 9.93. The first-order valence-electron chi connectivity index (χ1n) is 8.65. The fourth-order valence-corrected chi connectivity index (χ4v) is 20.6. The maximum atomic E-state index is 5.90. The van der Waals surface area contributed by atoms with Gasteiger partial charge in [-0.15, -0.1) is 0 Å². The zero-order chi connectivity index (χ0) is 19.1. The third kappa shape index (κ3) is 30.1. The molecule has 158 valence electrons. The van der Waals surface area contributed by atoms with Gasteiger partial charge in [0.1, 0.15) is 0 Å². The van der Waals surface area contributed by atoms with Gasteiger partial charge in [0.25, 0.3) is 9.28 Å². The summed E-state index contributed by atoms with van der Waals surface area (Å²) in [5.41, 5.74) is 0. The number of rotatable bonds is 8. The summed E-state index contributed by atoms with van der Waals surface area (Å²) in [5, 5.41) is 0. The van der Waals surface area contributed by atoms with E-state index < -0.39 is 52.6 Å². The maximum absolute atomic E-state index is 5.90. The van der Waals surface area contributed by atoms with Gasteiger partial charge in [0.15, 0.2) is 34.7 Å². The molecular formula is C15H50O4Si6. The molecule has 0 saturated carbocycles. The van der Waals surface area contributed by atoms with Crippen LogP contribution in [0.1, 0.15) is 14.9 Å². The molecule has 25 heavy (non-hydrogen) atoms. The van der Waals surface area contributed by atoms with Gasteiger partial charge in [0, 0.05) is 0 Å². The molecule has 4 nitrogen and oxygen atoms in total. The molecular weight excluding hydrogens is 413 g/mol. The normalized spacial score (nSPS) is 12.5. The van der Waals surface area contributed by atoms with E-state index in [2.05, 4.69) is 85.1 Å². The van der Waals surface area contributed by atoms with Crippen molar-refractivity contribution in [2.24, 2.45) is 0 Å². The molecule has 0 heterocycles. The van der Waals surface area contributed by atoms with Crippen LogP contribution in [0.25, 0.3) is 0 Å². The fourth-order valence-electron chi connectivity index (χ4n) is 2.18. The second kappa shape index (κ2) is 14.2. The molecule has 0 amide bonds. The van der Waals surface area contributed by atoms with E-state index in [1.54, 1.807) is 0 Å². The summed E-state index contributed by atoms with van der Waals surface area (Å²) in [4.78, 5) is 0. The average molecular weight is 463 g/mol. The Hall–Kier alpha value is 1.14. The zero-order valence-corrected chi connectivity index (χ0v) is 24.3. The van der Waals surface area contributed by atoms with Gasteiger partial charge in [-0.3, -0.25) is 0 Å². The highest BCUT2D eigenvalue weighted by atomic mass is 28.5. The van der Waals surface area contributed by atoms with E-state index in [4.69, 9.17) is 16.5 Å². The lowest BCUT2D eigenvalue weighted by Gasteiger charge is -2.28. The Morgan fingerprint density at radius 3 is 0.880 bits per heavy atom. The Bertz CT molecular complexity index is 286. The fraction of sp³-hybridized carbons (Fsp3) is 1.00. The van der Waals surface area contributed by atoms with Crippen molar-refractivity contribution >= 4 is 52.6 Å². The van der Waals surface area contributed by atoms with Crippen molar-refractivity contribution in [3.63, 3.8) is 0 Å². The van der Waals surface area contributed by atoms with Crippen LogP contribution in [0.15, 0.2) is 0 Å². The van der Waals surface area contributed by atoms with E-state index in [0.717, 1.165) is 0 Å². The van der Waals surface area contributed by atoms with Crippen molar-refractivity contribution in [1.82, 2.24) is 0 Å². The number of hydrogen-bond donors (Lipinski definition) is 0. The predicted molar refractivity (Wildman–Crippen MR) is 133 cm³/mol. The summed E-state index contributed by atoms with van der Waals surface area (Å²) < 4.78 is 23.5. The van der Waals surface area contributed by atoms with Crippen LogP contribution in [-0.2, 0) is 16.5 Å². The van der Waals surface area contributed by atoms with E-state index in [9.17, 15) is 0 Å². The molecule has 0 aromatic heterocycles. The largest absolute Gasteiger partial charge is 0.440 e. The third-order valence-electron chi connectivity index (χ3n) is 2.08. The lowest BCUT2D eigenvalue weighted by molar-refractivity contribution is 0.415. The Labute approximate surface area is 168 Å². The molecule has 0 spiro atoms. The third-order valence-corrected chi connectivity index (χ3v) is 18.7. The van der Waals surface area contributed by atoms with E-state index in [0.29, 0.717) is 0 Å². The molecule has 0 fully saturated rings. The summed E-state index contributed by atoms with van der Waals surface area (Å²) in [6, 6.07) is 0. The first-order valence-corrected chi connectivity index (χ1v) is 25.9. The minimum atomic E-state index is -1.71. The predicted octanol–water partition coefficient (Wildman–Crippen LogP) is 5.50. The van der Waals surface area contributed by atoms with Gasteiger partial charge in [-0.05, 0) is 85.1 Å². The Balaban J connectivity index is -0.000000164. The molecule has 0 N–H and O–H groups in total. The van der Waals surface area contributed by atoms with Crippen molar-refractivity contribution in [2.75, 3.05) is 0 Å². The Morgan fingerprint density at radius 1 is 0.480 bits per heavy atom. The Morgan fingerprint density at radius 2 is 0.720 bits per heavy atom. The molecule has 0 rings (SSSR count). The highest BCUT2D eigenvalue weighted by molar-refractivity contribution is 6.80. The van der Waals surface area contributed by atoms with Crippen molar-refractivity contribution in [2.45, 2.75) is 100.0 Å². The summed E-state index contributed by atoms with van der Waals surface area (Å²) in [5.74, 6) is 0. The van der Waals surface area contributed by atoms with Gasteiger partial charge in [-0.1, -0.05) is 14.9 Å². The smallest absolute Gasteiger partial charge is 0.310 e. The minimum Gasteiger partial charge on any atom is -0.440 e. The maximum Gasteiger partial charge on any atom is 0.310 e. The Kier molecular flexibility index (Phi) is 19.1. The molecule has 0 bridgehead atoms. The van der Waals surface area contributed by atoms with Gasteiger partial charge < -0.3 is 16.5 Å². The molecule has 0 unspecified atom stereocenters. The van der Waals surface area contributed by atoms with Gasteiger partial charge in [-0.2, -0.15) is 0 Å². The van der Waals surface area contributed by atoms with E-state index in [1.807, 2.05) is 0 Å². The van der Waals surface area contributed by atoms with Crippen LogP contribution in [0.5, 0.6) is 0 Å². The van der Waals surface area contributed by atoms with E-state index >= 15 is 0 Å². The summed E-state index contributed by atoms with van der Waals surface area (Å²) >= 11 is 0. The van der Waals surface area contributed by atoms with Crippen LogP contribution in [0.2, 0.25) is 85.1 Å². The van der Waals surface area contributed by atoms with Crippen molar-refractivity contribution < 1.29 is 16.5 Å². The van der Waals surface area contributed by atoms with Crippen LogP contribution in [0.3, 0.4) is 0 Å². The zero-order valence-electron chi connectivity index (χ0n) is 17.9. The first kappa shape index (κ1) is 33.7. The summed E-state index contributed by atoms with van der Waals surface area (Å²) in [6.07, 6.45) is 0. The molecule has 0 aromatic rings. The van der Waals surface area contributed by atoms with Crippen LogP contribution >= 0.6 is 0 Å². The quantitative estimate of drug-likeness (QED) is 0.446. The second-order valence-electron chi connectivity index (χ2n) is 8.76. The van der Waals surface area contributed by atoms with E-state index in [1.165, 1.54) is 0 Å². The van der Waals surface area contributed by atoms with Crippen molar-refractivity contribution in [1.29, 1.82) is 0 Å². The minimum absolute atomic E-state index is 0. The second-order valence-corrected chi connectivity index (χ2v) is 29.1. The van der Waals surface area contributed by atoms with Crippen LogP contribution < -0.4 is 0 Å². The van der Waals surface area contributed by atoms with Gasteiger partial charge >= 0.3 is 8.56 Å². The molecule has 0 aliphatic carbocycles. The standard InChI is InChI=1S/C7H22O2Si3.C6H20O2Si3.2CH4/c1-10(8-11(2,3)4)9-12(5,6)7;1-9(2)7-11(5,6)8-10(3)4;;/h10H,1-7H3;9-10H,1-6H3;2*1H4.